The van der Waals surface area contributed by atoms with E-state index in [1.54, 1.807) is 12.4 Å². The van der Waals surface area contributed by atoms with E-state index in [0.29, 0.717) is 17.5 Å². The Bertz CT molecular complexity index is 3390. The molecule has 2 heterocycles. The Morgan fingerprint density at radius 2 is 0.820 bits per heavy atom. The summed E-state index contributed by atoms with van der Waals surface area (Å²) in [5, 5.41) is 7.91. The average Bonchev–Trinajstić information content (AvgIpc) is 3.55. The van der Waals surface area contributed by atoms with Crippen LogP contribution in [0.4, 0.5) is 0 Å². The van der Waals surface area contributed by atoms with Gasteiger partial charge in [-0.1, -0.05) is 172 Å². The predicted molar refractivity (Wildman–Crippen MR) is 252 cm³/mol. The standard InChI is InChI=1S/C57H38N4/c1-57(2)50-32-43(25-28-47(50)48-29-26-44(33-51(48)57)46-27-23-40-20-19-38-10-6-11-39-24-30-49(46)53(40)52(38)39)37-15-13-35(14-16-37)36-17-21-42(22-18-36)55-59-54(41-8-4-3-5-9-41)60-56(61-55)45-12-7-31-58-34-45/h3-34H,1-2H3. The van der Waals surface area contributed by atoms with Gasteiger partial charge in [0.15, 0.2) is 17.5 Å². The number of aromatic nitrogens is 4. The Kier molecular flexibility index (Phi) is 7.85. The van der Waals surface area contributed by atoms with Crippen molar-refractivity contribution >= 4 is 32.3 Å². The van der Waals surface area contributed by atoms with Crippen LogP contribution in [0.25, 0.3) is 111 Å². The van der Waals surface area contributed by atoms with Crippen LogP contribution in [0.5, 0.6) is 0 Å². The third-order valence-electron chi connectivity index (χ3n) is 12.8. The van der Waals surface area contributed by atoms with Gasteiger partial charge < -0.3 is 0 Å². The van der Waals surface area contributed by atoms with Gasteiger partial charge in [-0.2, -0.15) is 0 Å². The van der Waals surface area contributed by atoms with Crippen LogP contribution in [-0.4, -0.2) is 19.9 Å². The van der Waals surface area contributed by atoms with Crippen LogP contribution in [0.2, 0.25) is 0 Å². The summed E-state index contributed by atoms with van der Waals surface area (Å²) >= 11 is 0. The van der Waals surface area contributed by atoms with Gasteiger partial charge in [0.2, 0.25) is 0 Å². The van der Waals surface area contributed by atoms with Crippen molar-refractivity contribution in [2.45, 2.75) is 19.3 Å². The zero-order valence-corrected chi connectivity index (χ0v) is 33.8. The second kappa shape index (κ2) is 13.6. The molecule has 0 saturated carbocycles. The van der Waals surface area contributed by atoms with Crippen molar-refractivity contribution in [2.75, 3.05) is 0 Å². The van der Waals surface area contributed by atoms with Gasteiger partial charge in [-0.05, 0) is 112 Å². The van der Waals surface area contributed by atoms with Crippen molar-refractivity contribution in [3.63, 3.8) is 0 Å². The molecule has 0 aliphatic heterocycles. The molecular weight excluding hydrogens is 741 g/mol. The number of pyridine rings is 1. The van der Waals surface area contributed by atoms with Gasteiger partial charge in [0.1, 0.15) is 0 Å². The molecule has 61 heavy (non-hydrogen) atoms. The molecule has 0 spiro atoms. The molecule has 4 nitrogen and oxygen atoms in total. The quantitative estimate of drug-likeness (QED) is 0.158. The molecule has 11 aromatic rings. The lowest BCUT2D eigenvalue weighted by Crippen LogP contribution is -2.15. The summed E-state index contributed by atoms with van der Waals surface area (Å²) in [6.45, 7) is 4.75. The summed E-state index contributed by atoms with van der Waals surface area (Å²) < 4.78 is 0. The molecule has 0 atom stereocenters. The highest BCUT2D eigenvalue weighted by Gasteiger charge is 2.36. The molecule has 0 bridgehead atoms. The molecule has 0 radical (unpaired) electrons. The topological polar surface area (TPSA) is 51.6 Å². The molecule has 286 valence electrons. The lowest BCUT2D eigenvalue weighted by molar-refractivity contribution is 0.661. The van der Waals surface area contributed by atoms with Crippen LogP contribution in [0.15, 0.2) is 194 Å². The van der Waals surface area contributed by atoms with Crippen LogP contribution in [0, 0.1) is 0 Å². The average molecular weight is 779 g/mol. The molecule has 0 fully saturated rings. The third-order valence-corrected chi connectivity index (χ3v) is 12.8. The van der Waals surface area contributed by atoms with Crippen LogP contribution in [0.1, 0.15) is 25.0 Å². The molecule has 12 rings (SSSR count). The van der Waals surface area contributed by atoms with Crippen molar-refractivity contribution < 1.29 is 0 Å². The summed E-state index contributed by atoms with van der Waals surface area (Å²) in [5.41, 5.74) is 15.2. The van der Waals surface area contributed by atoms with Gasteiger partial charge in [0.05, 0.1) is 0 Å². The maximum Gasteiger partial charge on any atom is 0.165 e. The van der Waals surface area contributed by atoms with E-state index in [-0.39, 0.29) is 5.41 Å². The first-order valence-corrected chi connectivity index (χ1v) is 20.9. The minimum atomic E-state index is -0.151. The Morgan fingerprint density at radius 3 is 1.46 bits per heavy atom. The largest absolute Gasteiger partial charge is 0.264 e. The van der Waals surface area contributed by atoms with E-state index in [4.69, 9.17) is 15.0 Å². The zero-order chi connectivity index (χ0) is 40.7. The fourth-order valence-electron chi connectivity index (χ4n) is 9.58. The van der Waals surface area contributed by atoms with Gasteiger partial charge in [0.25, 0.3) is 0 Å². The number of rotatable bonds is 6. The van der Waals surface area contributed by atoms with Gasteiger partial charge in [-0.3, -0.25) is 4.98 Å². The summed E-state index contributed by atoms with van der Waals surface area (Å²) in [6.07, 6.45) is 3.54. The predicted octanol–water partition coefficient (Wildman–Crippen LogP) is 14.5. The third kappa shape index (κ3) is 5.75. The lowest BCUT2D eigenvalue weighted by atomic mass is 9.80. The molecular formula is C57H38N4. The van der Waals surface area contributed by atoms with Crippen molar-refractivity contribution in [3.05, 3.63) is 206 Å². The fourth-order valence-corrected chi connectivity index (χ4v) is 9.58. The molecule has 0 saturated heterocycles. The number of hydrogen-bond acceptors (Lipinski definition) is 4. The fraction of sp³-hybridized carbons (Fsp3) is 0.0526. The monoisotopic (exact) mass is 778 g/mol. The Balaban J connectivity index is 0.833. The molecule has 0 N–H and O–H groups in total. The number of hydrogen-bond donors (Lipinski definition) is 0. The number of nitrogens with zero attached hydrogens (tertiary/aromatic N) is 4. The summed E-state index contributed by atoms with van der Waals surface area (Å²) in [4.78, 5) is 18.9. The Hall–Kier alpha value is -7.82. The first-order valence-electron chi connectivity index (χ1n) is 20.9. The van der Waals surface area contributed by atoms with Gasteiger partial charge in [-0.15, -0.1) is 0 Å². The van der Waals surface area contributed by atoms with Crippen molar-refractivity contribution in [1.29, 1.82) is 0 Å². The minimum Gasteiger partial charge on any atom is -0.264 e. The van der Waals surface area contributed by atoms with Crippen LogP contribution < -0.4 is 0 Å². The molecule has 1 aliphatic rings. The van der Waals surface area contributed by atoms with Gasteiger partial charge in [0, 0.05) is 34.5 Å². The van der Waals surface area contributed by atoms with Crippen LogP contribution in [-0.2, 0) is 5.41 Å². The van der Waals surface area contributed by atoms with E-state index in [0.717, 1.165) is 27.8 Å². The van der Waals surface area contributed by atoms with Crippen LogP contribution in [0.3, 0.4) is 0 Å². The maximum absolute atomic E-state index is 4.90. The highest BCUT2D eigenvalue weighted by atomic mass is 15.0. The normalized spacial score (nSPS) is 12.9. The van der Waals surface area contributed by atoms with E-state index >= 15 is 0 Å². The summed E-state index contributed by atoms with van der Waals surface area (Å²) in [5.74, 6) is 1.85. The molecule has 2 aromatic heterocycles. The van der Waals surface area contributed by atoms with Crippen molar-refractivity contribution in [1.82, 2.24) is 19.9 Å². The molecule has 0 amide bonds. The first-order chi connectivity index (χ1) is 30.0. The van der Waals surface area contributed by atoms with E-state index in [9.17, 15) is 0 Å². The maximum atomic E-state index is 4.90. The zero-order valence-electron chi connectivity index (χ0n) is 33.8. The molecule has 4 heteroatoms. The van der Waals surface area contributed by atoms with Crippen molar-refractivity contribution in [3.8, 4) is 78.7 Å². The van der Waals surface area contributed by atoms with E-state index < -0.39 is 0 Å². The summed E-state index contributed by atoms with van der Waals surface area (Å²) in [6, 6.07) is 65.8. The number of fused-ring (bicyclic) bond motifs is 3. The highest BCUT2D eigenvalue weighted by Crippen LogP contribution is 2.51. The smallest absolute Gasteiger partial charge is 0.165 e. The number of benzene rings is 9. The molecule has 0 unspecified atom stereocenters. The van der Waals surface area contributed by atoms with Gasteiger partial charge >= 0.3 is 0 Å². The van der Waals surface area contributed by atoms with E-state index in [1.165, 1.54) is 76.8 Å². The van der Waals surface area contributed by atoms with E-state index in [2.05, 4.69) is 158 Å². The first kappa shape index (κ1) is 35.2. The Labute approximate surface area is 354 Å². The second-order valence-corrected chi connectivity index (χ2v) is 16.7. The Morgan fingerprint density at radius 1 is 0.344 bits per heavy atom. The second-order valence-electron chi connectivity index (χ2n) is 16.7. The van der Waals surface area contributed by atoms with Gasteiger partial charge in [-0.25, -0.2) is 15.0 Å². The molecule has 9 aromatic carbocycles. The summed E-state index contributed by atoms with van der Waals surface area (Å²) in [7, 11) is 0. The van der Waals surface area contributed by atoms with E-state index in [1.807, 2.05) is 42.5 Å². The minimum absolute atomic E-state index is 0.151. The lowest BCUT2D eigenvalue weighted by Gasteiger charge is -2.23. The molecule has 1 aliphatic carbocycles. The highest BCUT2D eigenvalue weighted by molar-refractivity contribution is 6.25. The SMILES string of the molecule is CC1(C)c2cc(-c3ccc(-c4ccc(-c5nc(-c6ccccc6)nc(-c6cccnc6)n5)cc4)cc3)ccc2-c2ccc(-c3ccc4ccc5cccc6ccc3c4c56)cc21. The van der Waals surface area contributed by atoms with Crippen molar-refractivity contribution in [2.24, 2.45) is 0 Å². The van der Waals surface area contributed by atoms with Crippen LogP contribution >= 0.6 is 0 Å².